The van der Waals surface area contributed by atoms with Crippen molar-refractivity contribution in [2.45, 2.75) is 37.9 Å². The average Bonchev–Trinajstić information content (AvgIpc) is 2.62. The number of halogens is 1. The molecule has 1 spiro atoms. The van der Waals surface area contributed by atoms with Gasteiger partial charge in [-0.3, -0.25) is 9.69 Å². The molecule has 0 unspecified atom stereocenters. The zero-order valence-electron chi connectivity index (χ0n) is 14.8. The summed E-state index contributed by atoms with van der Waals surface area (Å²) in [4.78, 5) is 14.7. The highest BCUT2D eigenvalue weighted by atomic mass is 19.1. The van der Waals surface area contributed by atoms with Crippen LogP contribution in [0.5, 0.6) is 0 Å². The van der Waals surface area contributed by atoms with Crippen molar-refractivity contribution >= 4 is 11.6 Å². The molecule has 2 aromatic rings. The van der Waals surface area contributed by atoms with Crippen molar-refractivity contribution in [3.8, 4) is 0 Å². The first-order valence-corrected chi connectivity index (χ1v) is 9.22. The van der Waals surface area contributed by atoms with Gasteiger partial charge >= 0.3 is 0 Å². The molecule has 4 nitrogen and oxygen atoms in total. The van der Waals surface area contributed by atoms with Crippen molar-refractivity contribution in [3.63, 3.8) is 0 Å². The van der Waals surface area contributed by atoms with E-state index in [1.807, 2.05) is 18.2 Å². The van der Waals surface area contributed by atoms with E-state index in [-0.39, 0.29) is 17.3 Å². The molecule has 1 amide bonds. The summed E-state index contributed by atoms with van der Waals surface area (Å²) in [7, 11) is 0. The van der Waals surface area contributed by atoms with Gasteiger partial charge in [0.2, 0.25) is 5.91 Å². The molecule has 1 fully saturated rings. The molecular weight excluding hydrogens is 329 g/mol. The van der Waals surface area contributed by atoms with E-state index in [1.54, 1.807) is 12.1 Å². The van der Waals surface area contributed by atoms with Crippen LogP contribution in [0.3, 0.4) is 0 Å². The number of carbonyl (C=O) groups excluding carboxylic acids is 1. The van der Waals surface area contributed by atoms with Gasteiger partial charge in [0.05, 0.1) is 0 Å². The van der Waals surface area contributed by atoms with Crippen LogP contribution in [0.1, 0.15) is 30.4 Å². The predicted molar refractivity (Wildman–Crippen MR) is 100 cm³/mol. The topological polar surface area (TPSA) is 44.4 Å². The lowest BCUT2D eigenvalue weighted by Crippen LogP contribution is -2.52. The highest BCUT2D eigenvalue weighted by Crippen LogP contribution is 2.33. The minimum absolute atomic E-state index is 0.102. The number of para-hydroxylation sites is 1. The van der Waals surface area contributed by atoms with E-state index >= 15 is 0 Å². The van der Waals surface area contributed by atoms with E-state index in [4.69, 9.17) is 0 Å². The molecule has 1 saturated heterocycles. The summed E-state index contributed by atoms with van der Waals surface area (Å²) in [5.74, 6) is -0.0865. The molecule has 2 aromatic carbocycles. The fraction of sp³-hybridized carbons (Fsp3) is 0.381. The maximum Gasteiger partial charge on any atom is 0.222 e. The minimum atomic E-state index is -0.209. The number of nitrogens with one attached hydrogen (secondary N) is 2. The van der Waals surface area contributed by atoms with E-state index < -0.39 is 0 Å². The highest BCUT2D eigenvalue weighted by molar-refractivity contribution is 5.79. The van der Waals surface area contributed by atoms with Crippen LogP contribution in [0.15, 0.2) is 48.5 Å². The van der Waals surface area contributed by atoms with Crippen LogP contribution in [-0.2, 0) is 17.9 Å². The van der Waals surface area contributed by atoms with Crippen LogP contribution in [-0.4, -0.2) is 29.4 Å². The summed E-state index contributed by atoms with van der Waals surface area (Å²) in [5, 5.41) is 6.73. The summed E-state index contributed by atoms with van der Waals surface area (Å²) in [5.41, 5.74) is 3.03. The third kappa shape index (κ3) is 3.73. The molecule has 2 heterocycles. The zero-order chi connectivity index (χ0) is 18.0. The van der Waals surface area contributed by atoms with E-state index in [9.17, 15) is 9.18 Å². The van der Waals surface area contributed by atoms with Gasteiger partial charge in [-0.05, 0) is 42.2 Å². The van der Waals surface area contributed by atoms with Crippen molar-refractivity contribution in [1.82, 2.24) is 10.2 Å². The van der Waals surface area contributed by atoms with E-state index in [0.717, 1.165) is 49.3 Å². The van der Waals surface area contributed by atoms with Crippen molar-refractivity contribution in [3.05, 3.63) is 65.5 Å². The van der Waals surface area contributed by atoms with E-state index in [1.165, 1.54) is 6.07 Å². The van der Waals surface area contributed by atoms with Crippen molar-refractivity contribution < 1.29 is 9.18 Å². The zero-order valence-corrected chi connectivity index (χ0v) is 14.8. The van der Waals surface area contributed by atoms with Crippen LogP contribution in [0, 0.1) is 5.82 Å². The SMILES string of the molecule is O=C1CC2(CCN(Cc3cccc(F)c3)CC2)Nc2ccccc2CN1. The number of piperidine rings is 1. The normalized spacial score (nSPS) is 19.8. The smallest absolute Gasteiger partial charge is 0.222 e. The van der Waals surface area contributed by atoms with Crippen molar-refractivity contribution in [2.75, 3.05) is 18.4 Å². The number of hydrogen-bond donors (Lipinski definition) is 2. The maximum atomic E-state index is 13.4. The molecule has 2 N–H and O–H groups in total. The average molecular weight is 353 g/mol. The number of benzene rings is 2. The van der Waals surface area contributed by atoms with Gasteiger partial charge in [0.15, 0.2) is 0 Å². The number of amides is 1. The summed E-state index contributed by atoms with van der Waals surface area (Å²) in [6.07, 6.45) is 2.28. The molecule has 0 atom stereocenters. The Bertz CT molecular complexity index is 799. The van der Waals surface area contributed by atoms with Gasteiger partial charge in [-0.1, -0.05) is 30.3 Å². The van der Waals surface area contributed by atoms with Gasteiger partial charge in [0, 0.05) is 43.8 Å². The molecule has 2 aliphatic rings. The Hall–Kier alpha value is -2.40. The maximum absolute atomic E-state index is 13.4. The first-order valence-electron chi connectivity index (χ1n) is 9.22. The molecule has 0 saturated carbocycles. The third-order valence-electron chi connectivity index (χ3n) is 5.50. The fourth-order valence-corrected chi connectivity index (χ4v) is 4.02. The number of likely N-dealkylation sites (tertiary alicyclic amines) is 1. The lowest BCUT2D eigenvalue weighted by atomic mass is 9.82. The summed E-state index contributed by atoms with van der Waals surface area (Å²) in [6.45, 7) is 3.10. The Morgan fingerprint density at radius 3 is 2.69 bits per heavy atom. The fourth-order valence-electron chi connectivity index (χ4n) is 4.02. The molecule has 136 valence electrons. The minimum Gasteiger partial charge on any atom is -0.379 e. The molecule has 0 aliphatic carbocycles. The highest BCUT2D eigenvalue weighted by Gasteiger charge is 2.37. The first-order chi connectivity index (χ1) is 12.6. The molecule has 0 radical (unpaired) electrons. The lowest BCUT2D eigenvalue weighted by molar-refractivity contribution is -0.122. The lowest BCUT2D eigenvalue weighted by Gasteiger charge is -2.44. The predicted octanol–water partition coefficient (Wildman–Crippen LogP) is 3.29. The Morgan fingerprint density at radius 2 is 1.88 bits per heavy atom. The molecule has 4 rings (SSSR count). The number of fused-ring (bicyclic) bond motifs is 1. The summed E-state index contributed by atoms with van der Waals surface area (Å²) < 4.78 is 13.4. The van der Waals surface area contributed by atoms with Crippen LogP contribution in [0.2, 0.25) is 0 Å². The molecule has 0 aromatic heterocycles. The van der Waals surface area contributed by atoms with Gasteiger partial charge in [-0.15, -0.1) is 0 Å². The van der Waals surface area contributed by atoms with Gasteiger partial charge in [0.25, 0.3) is 0 Å². The van der Waals surface area contributed by atoms with Crippen LogP contribution in [0.25, 0.3) is 0 Å². The number of rotatable bonds is 2. The summed E-state index contributed by atoms with van der Waals surface area (Å²) in [6, 6.07) is 15.0. The molecule has 26 heavy (non-hydrogen) atoms. The van der Waals surface area contributed by atoms with Gasteiger partial charge in [-0.2, -0.15) is 0 Å². The number of nitrogens with zero attached hydrogens (tertiary/aromatic N) is 1. The van der Waals surface area contributed by atoms with Crippen molar-refractivity contribution in [1.29, 1.82) is 0 Å². The molecule has 5 heteroatoms. The molecule has 0 bridgehead atoms. The summed E-state index contributed by atoms with van der Waals surface area (Å²) >= 11 is 0. The Morgan fingerprint density at radius 1 is 1.08 bits per heavy atom. The largest absolute Gasteiger partial charge is 0.379 e. The van der Waals surface area contributed by atoms with E-state index in [0.29, 0.717) is 13.0 Å². The van der Waals surface area contributed by atoms with E-state index in [2.05, 4.69) is 27.7 Å². The number of hydrogen-bond acceptors (Lipinski definition) is 3. The second kappa shape index (κ2) is 7.08. The second-order valence-electron chi connectivity index (χ2n) is 7.42. The van der Waals surface area contributed by atoms with Gasteiger partial charge in [0.1, 0.15) is 5.82 Å². The Kier molecular flexibility index (Phi) is 4.64. The third-order valence-corrected chi connectivity index (χ3v) is 5.50. The van der Waals surface area contributed by atoms with Gasteiger partial charge < -0.3 is 10.6 Å². The second-order valence-corrected chi connectivity index (χ2v) is 7.42. The van der Waals surface area contributed by atoms with Crippen LogP contribution in [0.4, 0.5) is 10.1 Å². The first kappa shape index (κ1) is 17.0. The van der Waals surface area contributed by atoms with Crippen LogP contribution < -0.4 is 10.6 Å². The van der Waals surface area contributed by atoms with Crippen LogP contribution >= 0.6 is 0 Å². The molecule has 2 aliphatic heterocycles. The standard InChI is InChI=1S/C21H24FN3O/c22-18-6-3-4-16(12-18)15-25-10-8-21(9-11-25)13-20(26)23-14-17-5-1-2-7-19(17)24-21/h1-7,12,24H,8-11,13-15H2,(H,23,26). The molecular formula is C21H24FN3O. The monoisotopic (exact) mass is 353 g/mol. The Labute approximate surface area is 153 Å². The number of anilines is 1. The Balaban J connectivity index is 1.47. The number of carbonyl (C=O) groups is 1. The quantitative estimate of drug-likeness (QED) is 0.871. The van der Waals surface area contributed by atoms with Gasteiger partial charge in [-0.25, -0.2) is 4.39 Å². The van der Waals surface area contributed by atoms with Crippen molar-refractivity contribution in [2.24, 2.45) is 0 Å².